The quantitative estimate of drug-likeness (QED) is 0.782. The summed E-state index contributed by atoms with van der Waals surface area (Å²) in [5, 5.41) is 3.80. The van der Waals surface area contributed by atoms with E-state index < -0.39 is 0 Å². The van der Waals surface area contributed by atoms with Gasteiger partial charge in [0.25, 0.3) is 0 Å². The van der Waals surface area contributed by atoms with Gasteiger partial charge in [0.05, 0.1) is 0 Å². The highest BCUT2D eigenvalue weighted by Crippen LogP contribution is 2.53. The van der Waals surface area contributed by atoms with Crippen molar-refractivity contribution in [3.8, 4) is 0 Å². The van der Waals surface area contributed by atoms with Crippen molar-refractivity contribution in [2.24, 2.45) is 0 Å². The van der Waals surface area contributed by atoms with E-state index in [1.54, 1.807) is 5.56 Å². The Balaban J connectivity index is 2.18. The predicted molar refractivity (Wildman–Crippen MR) is 86.1 cm³/mol. The maximum Gasteiger partial charge on any atom is 0.0497 e. The lowest BCUT2D eigenvalue weighted by Crippen LogP contribution is -2.66. The summed E-state index contributed by atoms with van der Waals surface area (Å²) in [5.41, 5.74) is 5.11. The van der Waals surface area contributed by atoms with Crippen LogP contribution in [0.15, 0.2) is 30.4 Å². The van der Waals surface area contributed by atoms with E-state index in [-0.39, 0.29) is 16.4 Å². The van der Waals surface area contributed by atoms with Crippen LogP contribution in [0.4, 0.5) is 0 Å². The molecule has 0 radical (unpaired) electrons. The highest BCUT2D eigenvalue weighted by molar-refractivity contribution is 5.54. The number of hydrogen-bond donors (Lipinski definition) is 1. The van der Waals surface area contributed by atoms with E-state index in [9.17, 15) is 0 Å². The lowest BCUT2D eigenvalue weighted by Gasteiger charge is -2.58. The van der Waals surface area contributed by atoms with Gasteiger partial charge in [-0.3, -0.25) is 0 Å². The lowest BCUT2D eigenvalue weighted by molar-refractivity contribution is 0.190. The number of fused-ring (bicyclic) bond motifs is 3. The summed E-state index contributed by atoms with van der Waals surface area (Å²) in [6.07, 6.45) is 7.17. The molecule has 1 nitrogen and oxygen atoms in total. The van der Waals surface area contributed by atoms with Crippen LogP contribution in [0.5, 0.6) is 0 Å². The third-order valence-electron chi connectivity index (χ3n) is 5.61. The molecule has 1 aliphatic carbocycles. The highest BCUT2D eigenvalue weighted by Gasteiger charge is 2.55. The second-order valence-electron chi connectivity index (χ2n) is 7.46. The number of hydrogen-bond acceptors (Lipinski definition) is 1. The molecule has 2 aliphatic rings. The second-order valence-corrected chi connectivity index (χ2v) is 7.46. The van der Waals surface area contributed by atoms with Gasteiger partial charge < -0.3 is 5.32 Å². The molecule has 20 heavy (non-hydrogen) atoms. The molecule has 0 aromatic heterocycles. The van der Waals surface area contributed by atoms with Crippen LogP contribution < -0.4 is 5.32 Å². The summed E-state index contributed by atoms with van der Waals surface area (Å²) in [6.45, 7) is 12.5. The molecule has 0 spiro atoms. The molecule has 0 saturated heterocycles. The number of rotatable bonds is 2. The Morgan fingerprint density at radius 3 is 2.35 bits per heavy atom. The Bertz CT molecular complexity index is 564. The molecule has 1 aromatic rings. The molecule has 3 rings (SSSR count). The van der Waals surface area contributed by atoms with Crippen LogP contribution >= 0.6 is 0 Å². The van der Waals surface area contributed by atoms with Crippen molar-refractivity contribution < 1.29 is 0 Å². The van der Waals surface area contributed by atoms with E-state index in [4.69, 9.17) is 0 Å². The average Bonchev–Trinajstić information content (AvgIpc) is 2.39. The van der Waals surface area contributed by atoms with E-state index in [1.807, 2.05) is 0 Å². The van der Waals surface area contributed by atoms with Crippen molar-refractivity contribution >= 4 is 0 Å². The summed E-state index contributed by atoms with van der Waals surface area (Å²) in [4.78, 5) is 0. The zero-order valence-electron chi connectivity index (χ0n) is 13.5. The van der Waals surface area contributed by atoms with Crippen LogP contribution in [0.2, 0.25) is 0 Å². The Labute approximate surface area is 123 Å². The second kappa shape index (κ2) is 4.21. The van der Waals surface area contributed by atoms with Crippen LogP contribution in [0.1, 0.15) is 64.2 Å². The molecule has 2 unspecified atom stereocenters. The molecule has 1 heteroatoms. The molecule has 1 aromatic carbocycles. The molecule has 1 heterocycles. The van der Waals surface area contributed by atoms with Crippen LogP contribution in [-0.2, 0) is 17.4 Å². The minimum Gasteiger partial charge on any atom is -0.303 e. The molecule has 108 valence electrons. The lowest BCUT2D eigenvalue weighted by atomic mass is 9.52. The molecule has 1 aliphatic heterocycles. The first kappa shape index (κ1) is 13.9. The van der Waals surface area contributed by atoms with Gasteiger partial charge in [-0.2, -0.15) is 0 Å². The summed E-state index contributed by atoms with van der Waals surface area (Å²) < 4.78 is 0. The zero-order chi connectivity index (χ0) is 14.6. The maximum atomic E-state index is 3.80. The van der Waals surface area contributed by atoms with Gasteiger partial charge in [0.1, 0.15) is 0 Å². The molecule has 0 fully saturated rings. The van der Waals surface area contributed by atoms with Crippen LogP contribution in [0.25, 0.3) is 0 Å². The van der Waals surface area contributed by atoms with Crippen LogP contribution in [0.3, 0.4) is 0 Å². The van der Waals surface area contributed by atoms with Gasteiger partial charge in [0, 0.05) is 17.5 Å². The fourth-order valence-corrected chi connectivity index (χ4v) is 4.08. The molecule has 2 atom stereocenters. The first-order chi connectivity index (χ1) is 9.38. The van der Waals surface area contributed by atoms with Gasteiger partial charge >= 0.3 is 0 Å². The van der Waals surface area contributed by atoms with Gasteiger partial charge in [0.2, 0.25) is 0 Å². The summed E-state index contributed by atoms with van der Waals surface area (Å²) in [7, 11) is 0. The Hall–Kier alpha value is -1.08. The molecular formula is C19H27N. The summed E-state index contributed by atoms with van der Waals surface area (Å²) in [5.74, 6) is 0. The topological polar surface area (TPSA) is 12.0 Å². The van der Waals surface area contributed by atoms with Gasteiger partial charge in [0.15, 0.2) is 0 Å². The largest absolute Gasteiger partial charge is 0.303 e. The zero-order valence-corrected chi connectivity index (χ0v) is 13.5. The fraction of sp³-hybridized carbons (Fsp3) is 0.579. The molecule has 0 bridgehead atoms. The summed E-state index contributed by atoms with van der Waals surface area (Å²) >= 11 is 0. The minimum absolute atomic E-state index is 0.186. The Kier molecular flexibility index (Phi) is 2.92. The van der Waals surface area contributed by atoms with Crippen molar-refractivity contribution in [1.29, 1.82) is 0 Å². The average molecular weight is 269 g/mol. The third-order valence-corrected chi connectivity index (χ3v) is 5.61. The van der Waals surface area contributed by atoms with E-state index in [0.29, 0.717) is 0 Å². The highest BCUT2D eigenvalue weighted by atomic mass is 15.0. The molecule has 1 N–H and O–H groups in total. The van der Waals surface area contributed by atoms with Crippen LogP contribution in [-0.4, -0.2) is 5.54 Å². The Morgan fingerprint density at radius 1 is 1.10 bits per heavy atom. The maximum absolute atomic E-state index is 3.80. The fourth-order valence-electron chi connectivity index (χ4n) is 4.08. The molecular weight excluding hydrogens is 242 g/mol. The smallest absolute Gasteiger partial charge is 0.0497 e. The van der Waals surface area contributed by atoms with E-state index in [0.717, 1.165) is 13.0 Å². The monoisotopic (exact) mass is 269 g/mol. The van der Waals surface area contributed by atoms with Gasteiger partial charge in [-0.05, 0) is 34.9 Å². The van der Waals surface area contributed by atoms with Crippen molar-refractivity contribution in [2.45, 2.75) is 70.4 Å². The van der Waals surface area contributed by atoms with Crippen molar-refractivity contribution in [3.63, 3.8) is 0 Å². The first-order valence-electron chi connectivity index (χ1n) is 7.98. The molecule has 0 saturated carbocycles. The molecule has 0 amide bonds. The summed E-state index contributed by atoms with van der Waals surface area (Å²) in [6, 6.07) is 7.13. The first-order valence-corrected chi connectivity index (χ1v) is 7.98. The van der Waals surface area contributed by atoms with Gasteiger partial charge in [-0.25, -0.2) is 0 Å². The normalized spacial score (nSPS) is 31.4. The van der Waals surface area contributed by atoms with Crippen LogP contribution in [0, 0.1) is 0 Å². The van der Waals surface area contributed by atoms with E-state index >= 15 is 0 Å². The van der Waals surface area contributed by atoms with Gasteiger partial charge in [-0.15, -0.1) is 0 Å². The Morgan fingerprint density at radius 2 is 1.85 bits per heavy atom. The van der Waals surface area contributed by atoms with E-state index in [1.165, 1.54) is 17.5 Å². The van der Waals surface area contributed by atoms with Gasteiger partial charge in [-0.1, -0.05) is 65.0 Å². The third kappa shape index (κ3) is 1.59. The minimum atomic E-state index is 0.186. The number of benzene rings is 1. The predicted octanol–water partition coefficient (Wildman–Crippen LogP) is 4.45. The number of nitrogens with one attached hydrogen (secondary N) is 1. The SMILES string of the molecule is CCC12C=CC1(CC)c1cc(C(C)(C)C)ccc1CN2. The standard InChI is InChI=1S/C19H27N/c1-6-18-10-11-19(18,7-2)20-13-14-8-9-15(12-16(14)18)17(3,4)5/h8-12,20H,6-7,13H2,1-5H3. The van der Waals surface area contributed by atoms with Crippen molar-refractivity contribution in [2.75, 3.05) is 0 Å². The van der Waals surface area contributed by atoms with E-state index in [2.05, 4.69) is 70.3 Å². The van der Waals surface area contributed by atoms with Crippen molar-refractivity contribution in [1.82, 2.24) is 5.32 Å². The van der Waals surface area contributed by atoms with Crippen molar-refractivity contribution in [3.05, 3.63) is 47.0 Å².